The highest BCUT2D eigenvalue weighted by Gasteiger charge is 2.19. The van der Waals surface area contributed by atoms with Crippen LogP contribution >= 0.6 is 0 Å². The van der Waals surface area contributed by atoms with Gasteiger partial charge in [0.15, 0.2) is 11.5 Å². The summed E-state index contributed by atoms with van der Waals surface area (Å²) in [7, 11) is 1.63. The van der Waals surface area contributed by atoms with Crippen molar-refractivity contribution in [2.24, 2.45) is 5.92 Å². The minimum absolute atomic E-state index is 0.0446. The first-order valence-corrected chi connectivity index (χ1v) is 10.9. The molecule has 1 fully saturated rings. The van der Waals surface area contributed by atoms with Crippen molar-refractivity contribution in [1.29, 1.82) is 0 Å². The number of hydrogen-bond acceptors (Lipinski definition) is 4. The second kappa shape index (κ2) is 11.0. The lowest BCUT2D eigenvalue weighted by molar-refractivity contribution is -0.121. The molecule has 1 aliphatic rings. The van der Waals surface area contributed by atoms with Gasteiger partial charge in [0.05, 0.1) is 20.1 Å². The van der Waals surface area contributed by atoms with Crippen LogP contribution in [0.1, 0.15) is 36.0 Å². The Morgan fingerprint density at radius 1 is 1.03 bits per heavy atom. The molecule has 3 rings (SSSR count). The number of nitrogens with one attached hydrogen (secondary N) is 1. The Morgan fingerprint density at radius 2 is 1.73 bits per heavy atom. The number of carbonyl (C=O) groups excluding carboxylic acids is 1. The van der Waals surface area contributed by atoms with Crippen molar-refractivity contribution in [2.75, 3.05) is 33.4 Å². The number of benzene rings is 2. The Morgan fingerprint density at radius 3 is 2.43 bits per heavy atom. The number of methoxy groups -OCH3 is 1. The second-order valence-corrected chi connectivity index (χ2v) is 8.26. The molecule has 0 radical (unpaired) electrons. The van der Waals surface area contributed by atoms with Gasteiger partial charge in [0, 0.05) is 13.1 Å². The molecule has 1 amide bonds. The molecule has 5 heteroatoms. The van der Waals surface area contributed by atoms with E-state index in [-0.39, 0.29) is 5.91 Å². The highest BCUT2D eigenvalue weighted by Crippen LogP contribution is 2.27. The van der Waals surface area contributed by atoms with E-state index in [0.717, 1.165) is 44.6 Å². The summed E-state index contributed by atoms with van der Waals surface area (Å²) in [5.41, 5.74) is 3.79. The summed E-state index contributed by atoms with van der Waals surface area (Å²) in [6, 6.07) is 14.6. The lowest BCUT2D eigenvalue weighted by atomic mass is 9.96. The van der Waals surface area contributed by atoms with Crippen molar-refractivity contribution in [3.63, 3.8) is 0 Å². The number of ether oxygens (including phenoxy) is 2. The van der Waals surface area contributed by atoms with Gasteiger partial charge in [-0.2, -0.15) is 0 Å². The number of rotatable bonds is 9. The molecule has 0 saturated carbocycles. The van der Waals surface area contributed by atoms with E-state index in [0.29, 0.717) is 30.4 Å². The van der Waals surface area contributed by atoms with Crippen LogP contribution < -0.4 is 14.8 Å². The number of hydrogen-bond donors (Lipinski definition) is 1. The van der Waals surface area contributed by atoms with Gasteiger partial charge in [-0.25, -0.2) is 0 Å². The molecule has 0 spiro atoms. The van der Waals surface area contributed by atoms with Crippen LogP contribution in [0.5, 0.6) is 11.5 Å². The van der Waals surface area contributed by atoms with Crippen LogP contribution in [0.3, 0.4) is 0 Å². The first-order valence-electron chi connectivity index (χ1n) is 10.9. The van der Waals surface area contributed by atoms with Gasteiger partial charge in [0.25, 0.3) is 0 Å². The molecule has 0 aliphatic carbocycles. The van der Waals surface area contributed by atoms with Crippen LogP contribution in [0.2, 0.25) is 0 Å². The van der Waals surface area contributed by atoms with Crippen LogP contribution in [0.15, 0.2) is 42.5 Å². The van der Waals surface area contributed by atoms with Gasteiger partial charge in [-0.15, -0.1) is 0 Å². The Bertz CT molecular complexity index is 812. The largest absolute Gasteiger partial charge is 0.493 e. The molecule has 162 valence electrons. The molecule has 1 N–H and O–H groups in total. The fourth-order valence-electron chi connectivity index (χ4n) is 3.79. The minimum Gasteiger partial charge on any atom is -0.493 e. The van der Waals surface area contributed by atoms with Crippen LogP contribution in [-0.4, -0.2) is 44.2 Å². The van der Waals surface area contributed by atoms with Crippen molar-refractivity contribution in [2.45, 2.75) is 39.7 Å². The van der Waals surface area contributed by atoms with Crippen molar-refractivity contribution in [3.05, 3.63) is 59.2 Å². The predicted molar refractivity (Wildman–Crippen MR) is 120 cm³/mol. The van der Waals surface area contributed by atoms with E-state index >= 15 is 0 Å². The second-order valence-electron chi connectivity index (χ2n) is 8.26. The van der Waals surface area contributed by atoms with Gasteiger partial charge in [0.1, 0.15) is 0 Å². The summed E-state index contributed by atoms with van der Waals surface area (Å²) >= 11 is 0. The third-order valence-electron chi connectivity index (χ3n) is 5.73. The molecule has 0 bridgehead atoms. The van der Waals surface area contributed by atoms with Gasteiger partial charge in [-0.3, -0.25) is 9.69 Å². The standard InChI is InChI=1S/C25H34N2O3/c1-19-4-7-22(8-5-19)18-27-13-10-21(11-14-27)17-26-25(28)12-15-30-23-9-6-20(2)16-24(23)29-3/h4-9,16,21H,10-15,17-18H2,1-3H3,(H,26,28). The highest BCUT2D eigenvalue weighted by atomic mass is 16.5. The number of likely N-dealkylation sites (tertiary alicyclic amines) is 1. The summed E-state index contributed by atoms with van der Waals surface area (Å²) in [6.45, 7) is 8.42. The van der Waals surface area contributed by atoms with E-state index in [9.17, 15) is 4.79 Å². The van der Waals surface area contributed by atoms with Crippen LogP contribution in [0.4, 0.5) is 0 Å². The van der Waals surface area contributed by atoms with Crippen molar-refractivity contribution >= 4 is 5.91 Å². The molecule has 30 heavy (non-hydrogen) atoms. The van der Waals surface area contributed by atoms with Crippen LogP contribution in [-0.2, 0) is 11.3 Å². The summed E-state index contributed by atoms with van der Waals surface area (Å²) in [4.78, 5) is 14.7. The average molecular weight is 411 g/mol. The van der Waals surface area contributed by atoms with Gasteiger partial charge in [0.2, 0.25) is 5.91 Å². The molecule has 0 unspecified atom stereocenters. The van der Waals surface area contributed by atoms with E-state index in [1.807, 2.05) is 25.1 Å². The smallest absolute Gasteiger partial charge is 0.223 e. The van der Waals surface area contributed by atoms with E-state index in [2.05, 4.69) is 41.4 Å². The molecule has 0 atom stereocenters. The molecular formula is C25H34N2O3. The van der Waals surface area contributed by atoms with Crippen molar-refractivity contribution in [1.82, 2.24) is 10.2 Å². The quantitative estimate of drug-likeness (QED) is 0.676. The Balaban J connectivity index is 1.31. The lowest BCUT2D eigenvalue weighted by Gasteiger charge is -2.32. The van der Waals surface area contributed by atoms with E-state index < -0.39 is 0 Å². The molecule has 1 heterocycles. The van der Waals surface area contributed by atoms with Crippen molar-refractivity contribution in [3.8, 4) is 11.5 Å². The van der Waals surface area contributed by atoms with E-state index in [1.165, 1.54) is 11.1 Å². The highest BCUT2D eigenvalue weighted by molar-refractivity contribution is 5.76. The summed E-state index contributed by atoms with van der Waals surface area (Å²) in [6.07, 6.45) is 2.61. The maximum atomic E-state index is 12.2. The Hall–Kier alpha value is -2.53. The van der Waals surface area contributed by atoms with Crippen LogP contribution in [0.25, 0.3) is 0 Å². The average Bonchev–Trinajstić information content (AvgIpc) is 2.76. The summed E-state index contributed by atoms with van der Waals surface area (Å²) < 4.78 is 11.1. The zero-order valence-corrected chi connectivity index (χ0v) is 18.4. The van der Waals surface area contributed by atoms with Gasteiger partial charge in [-0.05, 0) is 69.0 Å². The first-order chi connectivity index (χ1) is 14.5. The normalized spacial score (nSPS) is 15.0. The minimum atomic E-state index is 0.0446. The molecule has 0 aromatic heterocycles. The zero-order valence-electron chi connectivity index (χ0n) is 18.4. The Kier molecular flexibility index (Phi) is 8.14. The Labute approximate surface area is 180 Å². The molecule has 1 aliphatic heterocycles. The summed E-state index contributed by atoms with van der Waals surface area (Å²) in [5, 5.41) is 3.08. The maximum Gasteiger partial charge on any atom is 0.223 e. The predicted octanol–water partition coefficient (Wildman–Crippen LogP) is 4.11. The van der Waals surface area contributed by atoms with Gasteiger partial charge in [-0.1, -0.05) is 35.9 Å². The number of piperidine rings is 1. The number of amides is 1. The van der Waals surface area contributed by atoms with Crippen molar-refractivity contribution < 1.29 is 14.3 Å². The molecule has 1 saturated heterocycles. The maximum absolute atomic E-state index is 12.2. The van der Waals surface area contributed by atoms with Gasteiger partial charge < -0.3 is 14.8 Å². The zero-order chi connectivity index (χ0) is 21.3. The molecule has 2 aromatic carbocycles. The first kappa shape index (κ1) is 22.2. The molecule has 5 nitrogen and oxygen atoms in total. The van der Waals surface area contributed by atoms with Crippen LogP contribution in [0, 0.1) is 19.8 Å². The fraction of sp³-hybridized carbons (Fsp3) is 0.480. The summed E-state index contributed by atoms with van der Waals surface area (Å²) in [5.74, 6) is 1.98. The van der Waals surface area contributed by atoms with Gasteiger partial charge >= 0.3 is 0 Å². The lowest BCUT2D eigenvalue weighted by Crippen LogP contribution is -2.38. The topological polar surface area (TPSA) is 50.8 Å². The SMILES string of the molecule is COc1cc(C)ccc1OCCC(=O)NCC1CCN(Cc2ccc(C)cc2)CC1. The number of nitrogens with zero attached hydrogens (tertiary/aromatic N) is 1. The molecule has 2 aromatic rings. The molecular weight excluding hydrogens is 376 g/mol. The number of aryl methyl sites for hydroxylation is 2. The fourth-order valence-corrected chi connectivity index (χ4v) is 3.79. The third-order valence-corrected chi connectivity index (χ3v) is 5.73. The number of carbonyl (C=O) groups is 1. The van der Waals surface area contributed by atoms with E-state index in [1.54, 1.807) is 7.11 Å². The third kappa shape index (κ3) is 6.77. The monoisotopic (exact) mass is 410 g/mol. The van der Waals surface area contributed by atoms with E-state index in [4.69, 9.17) is 9.47 Å².